The van der Waals surface area contributed by atoms with E-state index in [2.05, 4.69) is 62.2 Å². The highest BCUT2D eigenvalue weighted by Gasteiger charge is 2.32. The van der Waals surface area contributed by atoms with Crippen LogP contribution in [-0.2, 0) is 0 Å². The summed E-state index contributed by atoms with van der Waals surface area (Å²) in [5.41, 5.74) is 2.84. The van der Waals surface area contributed by atoms with Gasteiger partial charge in [0.05, 0.1) is 0 Å². The molecule has 0 radical (unpaired) electrons. The highest BCUT2D eigenvalue weighted by Crippen LogP contribution is 2.29. The van der Waals surface area contributed by atoms with Gasteiger partial charge in [-0.15, -0.1) is 0 Å². The third-order valence-electron chi connectivity index (χ3n) is 3.70. The Balaban J connectivity index is 2.34. The quantitative estimate of drug-likeness (QED) is 0.801. The standard InChI is InChI=1S/C15H24N2/c1-12-5-7-14(8-6-12)17-13(2)9-10-16-11-15(17,3)4/h5-8,13,16H,9-11H2,1-4H3. The molecule has 1 N–H and O–H groups in total. The number of nitrogens with zero attached hydrogens (tertiary/aromatic N) is 1. The maximum Gasteiger partial charge on any atom is 0.0473 e. The maximum absolute atomic E-state index is 3.54. The summed E-state index contributed by atoms with van der Waals surface area (Å²) in [5, 5.41) is 3.54. The number of rotatable bonds is 1. The number of nitrogens with one attached hydrogen (secondary N) is 1. The Morgan fingerprint density at radius 1 is 1.24 bits per heavy atom. The SMILES string of the molecule is Cc1ccc(N2C(C)CCNCC2(C)C)cc1. The minimum atomic E-state index is 0.172. The number of anilines is 1. The van der Waals surface area contributed by atoms with Gasteiger partial charge < -0.3 is 10.2 Å². The monoisotopic (exact) mass is 232 g/mol. The molecular weight excluding hydrogens is 208 g/mol. The predicted molar refractivity (Wildman–Crippen MR) is 74.7 cm³/mol. The van der Waals surface area contributed by atoms with E-state index in [4.69, 9.17) is 0 Å². The largest absolute Gasteiger partial charge is 0.362 e. The van der Waals surface area contributed by atoms with E-state index in [1.165, 1.54) is 17.7 Å². The molecule has 2 heteroatoms. The molecule has 1 atom stereocenters. The molecule has 0 amide bonds. The maximum atomic E-state index is 3.54. The van der Waals surface area contributed by atoms with Crippen molar-refractivity contribution in [2.75, 3.05) is 18.0 Å². The Labute approximate surface area is 105 Å². The zero-order valence-corrected chi connectivity index (χ0v) is 11.5. The van der Waals surface area contributed by atoms with Gasteiger partial charge in [0.25, 0.3) is 0 Å². The van der Waals surface area contributed by atoms with Crippen molar-refractivity contribution in [2.24, 2.45) is 0 Å². The molecule has 2 rings (SSSR count). The minimum Gasteiger partial charge on any atom is -0.362 e. The zero-order chi connectivity index (χ0) is 12.5. The van der Waals surface area contributed by atoms with Crippen LogP contribution in [0.25, 0.3) is 0 Å². The van der Waals surface area contributed by atoms with Gasteiger partial charge in [-0.1, -0.05) is 17.7 Å². The third-order valence-corrected chi connectivity index (χ3v) is 3.70. The van der Waals surface area contributed by atoms with Crippen LogP contribution < -0.4 is 10.2 Å². The first kappa shape index (κ1) is 12.4. The second-order valence-electron chi connectivity index (χ2n) is 5.83. The Morgan fingerprint density at radius 2 is 1.88 bits per heavy atom. The highest BCUT2D eigenvalue weighted by atomic mass is 15.2. The third kappa shape index (κ3) is 2.63. The zero-order valence-electron chi connectivity index (χ0n) is 11.5. The highest BCUT2D eigenvalue weighted by molar-refractivity contribution is 5.51. The van der Waals surface area contributed by atoms with Gasteiger partial charge in [0, 0.05) is 23.8 Å². The normalized spacial score (nSPS) is 24.5. The average Bonchev–Trinajstić information content (AvgIpc) is 2.39. The van der Waals surface area contributed by atoms with Crippen molar-refractivity contribution < 1.29 is 0 Å². The van der Waals surface area contributed by atoms with Crippen molar-refractivity contribution in [1.29, 1.82) is 0 Å². The lowest BCUT2D eigenvalue weighted by molar-refractivity contribution is 0.433. The van der Waals surface area contributed by atoms with Crippen LogP contribution in [0.1, 0.15) is 32.8 Å². The Kier molecular flexibility index (Phi) is 3.43. The van der Waals surface area contributed by atoms with E-state index >= 15 is 0 Å². The van der Waals surface area contributed by atoms with E-state index in [-0.39, 0.29) is 5.54 Å². The molecule has 1 aromatic rings. The fraction of sp³-hybridized carbons (Fsp3) is 0.600. The molecule has 0 bridgehead atoms. The molecule has 17 heavy (non-hydrogen) atoms. The van der Waals surface area contributed by atoms with E-state index in [9.17, 15) is 0 Å². The van der Waals surface area contributed by atoms with Crippen LogP contribution in [0.15, 0.2) is 24.3 Å². The summed E-state index contributed by atoms with van der Waals surface area (Å²) in [7, 11) is 0. The first-order valence-electron chi connectivity index (χ1n) is 6.57. The van der Waals surface area contributed by atoms with Crippen LogP contribution in [0.5, 0.6) is 0 Å². The molecule has 0 aliphatic carbocycles. The summed E-state index contributed by atoms with van der Waals surface area (Å²) in [6, 6.07) is 9.49. The van der Waals surface area contributed by atoms with Crippen LogP contribution in [0.3, 0.4) is 0 Å². The van der Waals surface area contributed by atoms with Crippen LogP contribution >= 0.6 is 0 Å². The van der Waals surface area contributed by atoms with Gasteiger partial charge in [-0.2, -0.15) is 0 Å². The molecule has 1 saturated heterocycles. The van der Waals surface area contributed by atoms with Gasteiger partial charge in [0.2, 0.25) is 0 Å². The lowest BCUT2D eigenvalue weighted by Crippen LogP contribution is -2.51. The molecule has 0 aromatic heterocycles. The van der Waals surface area contributed by atoms with Crippen LogP contribution in [0.2, 0.25) is 0 Å². The van der Waals surface area contributed by atoms with Gasteiger partial charge >= 0.3 is 0 Å². The van der Waals surface area contributed by atoms with E-state index in [0.717, 1.165) is 13.1 Å². The lowest BCUT2D eigenvalue weighted by atomic mass is 9.99. The number of hydrogen-bond acceptors (Lipinski definition) is 2. The molecular formula is C15H24N2. The van der Waals surface area contributed by atoms with Crippen LogP contribution in [0, 0.1) is 6.92 Å². The van der Waals surface area contributed by atoms with Crippen molar-refractivity contribution in [3.63, 3.8) is 0 Å². The predicted octanol–water partition coefficient (Wildman–Crippen LogP) is 2.96. The van der Waals surface area contributed by atoms with Crippen molar-refractivity contribution >= 4 is 5.69 Å². The lowest BCUT2D eigenvalue weighted by Gasteiger charge is -2.42. The summed E-state index contributed by atoms with van der Waals surface area (Å²) in [4.78, 5) is 2.56. The van der Waals surface area contributed by atoms with Crippen molar-refractivity contribution in [2.45, 2.75) is 45.7 Å². The van der Waals surface area contributed by atoms with Crippen molar-refractivity contribution in [3.8, 4) is 0 Å². The molecule has 2 nitrogen and oxygen atoms in total. The van der Waals surface area contributed by atoms with Gasteiger partial charge in [-0.25, -0.2) is 0 Å². The van der Waals surface area contributed by atoms with Crippen molar-refractivity contribution in [3.05, 3.63) is 29.8 Å². The molecule has 1 aliphatic heterocycles. The smallest absolute Gasteiger partial charge is 0.0473 e. The fourth-order valence-electron chi connectivity index (χ4n) is 2.83. The molecule has 1 heterocycles. The van der Waals surface area contributed by atoms with E-state index in [1.54, 1.807) is 0 Å². The molecule has 0 saturated carbocycles. The summed E-state index contributed by atoms with van der Waals surface area (Å²) in [5.74, 6) is 0. The Hall–Kier alpha value is -1.02. The van der Waals surface area contributed by atoms with Gasteiger partial charge in [0.1, 0.15) is 0 Å². The molecule has 94 valence electrons. The summed E-state index contributed by atoms with van der Waals surface area (Å²) in [6.07, 6.45) is 1.21. The van der Waals surface area contributed by atoms with Gasteiger partial charge in [0.15, 0.2) is 0 Å². The summed E-state index contributed by atoms with van der Waals surface area (Å²) in [6.45, 7) is 11.3. The number of aryl methyl sites for hydroxylation is 1. The molecule has 1 fully saturated rings. The number of hydrogen-bond donors (Lipinski definition) is 1. The van der Waals surface area contributed by atoms with Crippen LogP contribution in [0.4, 0.5) is 5.69 Å². The van der Waals surface area contributed by atoms with Crippen molar-refractivity contribution in [1.82, 2.24) is 5.32 Å². The first-order chi connectivity index (χ1) is 8.00. The topological polar surface area (TPSA) is 15.3 Å². The molecule has 0 spiro atoms. The second-order valence-corrected chi connectivity index (χ2v) is 5.83. The van der Waals surface area contributed by atoms with E-state index in [1.807, 2.05) is 0 Å². The molecule has 1 unspecified atom stereocenters. The Morgan fingerprint density at radius 3 is 2.53 bits per heavy atom. The summed E-state index contributed by atoms with van der Waals surface area (Å²) >= 11 is 0. The number of benzene rings is 1. The first-order valence-corrected chi connectivity index (χ1v) is 6.57. The van der Waals surface area contributed by atoms with E-state index < -0.39 is 0 Å². The second kappa shape index (κ2) is 4.69. The summed E-state index contributed by atoms with van der Waals surface area (Å²) < 4.78 is 0. The van der Waals surface area contributed by atoms with Gasteiger partial charge in [-0.3, -0.25) is 0 Å². The average molecular weight is 232 g/mol. The van der Waals surface area contributed by atoms with E-state index in [0.29, 0.717) is 6.04 Å². The Bertz CT molecular complexity index is 367. The van der Waals surface area contributed by atoms with Crippen LogP contribution in [-0.4, -0.2) is 24.7 Å². The fourth-order valence-corrected chi connectivity index (χ4v) is 2.83. The molecule has 1 aliphatic rings. The van der Waals surface area contributed by atoms with Gasteiger partial charge in [-0.05, 0) is 52.8 Å². The molecule has 1 aromatic carbocycles. The minimum absolute atomic E-state index is 0.172.